The van der Waals surface area contributed by atoms with Crippen LogP contribution in [-0.2, 0) is 11.2 Å². The molecule has 4 rings (SSSR count). The number of halogens is 1. The number of carbonyl (C=O) groups is 2. The Hall–Kier alpha value is -2.91. The van der Waals surface area contributed by atoms with Crippen LogP contribution in [0.5, 0.6) is 28.7 Å². The molecule has 1 atom stereocenters. The fraction of sp³-hybridized carbons (Fsp3) is 0.259. The van der Waals surface area contributed by atoms with Crippen molar-refractivity contribution in [3.05, 3.63) is 76.3 Å². The maximum Gasteiger partial charge on any atom is 1.00 e. The van der Waals surface area contributed by atoms with Gasteiger partial charge in [-0.15, -0.1) is 0 Å². The molecule has 0 radical (unpaired) electrons. The number of aliphatic carboxylic acids is 1. The number of amides is 1. The van der Waals surface area contributed by atoms with Gasteiger partial charge in [0.25, 0.3) is 5.91 Å². The number of fused-ring (bicyclic) bond motifs is 1. The average Bonchev–Trinajstić information content (AvgIpc) is 2.89. The van der Waals surface area contributed by atoms with Crippen molar-refractivity contribution in [2.24, 2.45) is 0 Å². The number of carbonyl (C=O) groups excluding carboxylic acids is 2. The van der Waals surface area contributed by atoms with Gasteiger partial charge in [-0.3, -0.25) is 4.79 Å². The molecule has 1 heterocycles. The zero-order valence-corrected chi connectivity index (χ0v) is 23.6. The number of benzene rings is 3. The van der Waals surface area contributed by atoms with Gasteiger partial charge in [-0.05, 0) is 55.3 Å². The van der Waals surface area contributed by atoms with Crippen molar-refractivity contribution < 1.29 is 63.2 Å². The number of ether oxygens (including phenoxy) is 4. The Bertz CT molecular complexity index is 1240. The maximum absolute atomic E-state index is 12.6. The number of carboxylic acids is 1. The van der Waals surface area contributed by atoms with Crippen molar-refractivity contribution in [3.63, 3.8) is 0 Å². The number of nitrogens with one attached hydrogen (secondary N) is 1. The molecule has 1 unspecified atom stereocenters. The van der Waals surface area contributed by atoms with Gasteiger partial charge >= 0.3 is 29.6 Å². The van der Waals surface area contributed by atoms with Crippen LogP contribution >= 0.6 is 11.6 Å². The Kier molecular flexibility index (Phi) is 10.1. The molecule has 188 valence electrons. The van der Waals surface area contributed by atoms with E-state index < -0.39 is 11.9 Å². The SMILES string of the molecule is COc1cccc(OC)c1CCNC(=O)c1ccc(Oc2cc3c(cc2Cl)C(C(=O)[O-])CCO3)cc1.[Na+]. The maximum atomic E-state index is 12.6. The Labute approximate surface area is 242 Å². The largest absolute Gasteiger partial charge is 1.00 e. The standard InChI is InChI=1S/C27H26ClNO7.Na/c1-33-22-4-3-5-23(34-2)19(22)10-12-29-26(30)16-6-8-17(9-7-16)36-25-15-24-20(14-21(25)28)18(27(31)32)11-13-35-24;/h3-9,14-15,18H,10-13H2,1-2H3,(H,29,30)(H,31,32);/q;+1/p-1. The summed E-state index contributed by atoms with van der Waals surface area (Å²) in [5.74, 6) is 0.401. The van der Waals surface area contributed by atoms with Crippen molar-refractivity contribution in [1.82, 2.24) is 5.32 Å². The van der Waals surface area contributed by atoms with Gasteiger partial charge in [0.2, 0.25) is 0 Å². The van der Waals surface area contributed by atoms with Crippen LogP contribution in [0.25, 0.3) is 0 Å². The molecule has 0 fully saturated rings. The first-order valence-electron chi connectivity index (χ1n) is 11.3. The predicted octanol–water partition coefficient (Wildman–Crippen LogP) is 0.742. The van der Waals surface area contributed by atoms with E-state index in [4.69, 9.17) is 30.5 Å². The summed E-state index contributed by atoms with van der Waals surface area (Å²) in [6, 6.07) is 15.2. The van der Waals surface area contributed by atoms with E-state index in [-0.39, 0.29) is 47.1 Å². The number of carboxylic acid groups (broad SMARTS) is 1. The monoisotopic (exact) mass is 533 g/mol. The van der Waals surface area contributed by atoms with Crippen molar-refractivity contribution in [2.75, 3.05) is 27.4 Å². The molecule has 0 aliphatic carbocycles. The first-order chi connectivity index (χ1) is 17.4. The number of hydrogen-bond donors (Lipinski definition) is 1. The predicted molar refractivity (Wildman–Crippen MR) is 131 cm³/mol. The van der Waals surface area contributed by atoms with E-state index in [9.17, 15) is 14.7 Å². The van der Waals surface area contributed by atoms with Gasteiger partial charge < -0.3 is 34.2 Å². The van der Waals surface area contributed by atoms with Crippen LogP contribution in [-0.4, -0.2) is 39.2 Å². The minimum absolute atomic E-state index is 0. The zero-order valence-electron chi connectivity index (χ0n) is 20.8. The van der Waals surface area contributed by atoms with E-state index in [1.165, 1.54) is 6.07 Å². The van der Waals surface area contributed by atoms with E-state index in [2.05, 4.69) is 5.32 Å². The fourth-order valence-electron chi connectivity index (χ4n) is 4.09. The summed E-state index contributed by atoms with van der Waals surface area (Å²) < 4.78 is 22.2. The summed E-state index contributed by atoms with van der Waals surface area (Å²) in [6.07, 6.45) is 0.861. The van der Waals surface area contributed by atoms with E-state index in [1.807, 2.05) is 18.2 Å². The van der Waals surface area contributed by atoms with Crippen molar-refractivity contribution >= 4 is 23.5 Å². The van der Waals surface area contributed by atoms with Gasteiger partial charge in [-0.25, -0.2) is 0 Å². The molecule has 1 aliphatic rings. The Morgan fingerprint density at radius 1 is 1.05 bits per heavy atom. The van der Waals surface area contributed by atoms with E-state index in [1.54, 1.807) is 44.6 Å². The normalized spacial score (nSPS) is 13.9. The third-order valence-electron chi connectivity index (χ3n) is 5.92. The summed E-state index contributed by atoms with van der Waals surface area (Å²) in [5.41, 5.74) is 1.81. The summed E-state index contributed by atoms with van der Waals surface area (Å²) in [6.45, 7) is 0.659. The molecule has 8 nitrogen and oxygen atoms in total. The van der Waals surface area contributed by atoms with Crippen molar-refractivity contribution in [3.8, 4) is 28.7 Å². The van der Waals surface area contributed by atoms with Gasteiger partial charge in [-0.1, -0.05) is 17.7 Å². The third-order valence-corrected chi connectivity index (χ3v) is 6.22. The first-order valence-corrected chi connectivity index (χ1v) is 11.7. The fourth-order valence-corrected chi connectivity index (χ4v) is 4.30. The second kappa shape index (κ2) is 13.1. The molecule has 0 bridgehead atoms. The van der Waals surface area contributed by atoms with Crippen LogP contribution in [0.15, 0.2) is 54.6 Å². The minimum atomic E-state index is -1.17. The first kappa shape index (κ1) is 28.7. The molecule has 3 aromatic rings. The van der Waals surface area contributed by atoms with Crippen LogP contribution in [0.3, 0.4) is 0 Å². The van der Waals surface area contributed by atoms with E-state index in [0.717, 1.165) is 5.56 Å². The molecule has 10 heteroatoms. The van der Waals surface area contributed by atoms with Crippen molar-refractivity contribution in [2.45, 2.75) is 18.8 Å². The molecule has 1 amide bonds. The Morgan fingerprint density at radius 2 is 1.73 bits per heavy atom. The quantitative estimate of drug-likeness (QED) is 0.404. The average molecular weight is 534 g/mol. The van der Waals surface area contributed by atoms with Gasteiger partial charge in [-0.2, -0.15) is 0 Å². The van der Waals surface area contributed by atoms with Gasteiger partial charge in [0, 0.05) is 41.2 Å². The smallest absolute Gasteiger partial charge is 0.549 e. The van der Waals surface area contributed by atoms with Gasteiger partial charge in [0.05, 0.1) is 25.8 Å². The molecule has 0 saturated heterocycles. The molecule has 0 saturated carbocycles. The molecule has 0 aromatic heterocycles. The molecule has 1 N–H and O–H groups in total. The van der Waals surface area contributed by atoms with Gasteiger partial charge in [0.15, 0.2) is 0 Å². The molecular weight excluding hydrogens is 509 g/mol. The minimum Gasteiger partial charge on any atom is -0.549 e. The van der Waals surface area contributed by atoms with Crippen LogP contribution < -0.4 is 58.9 Å². The summed E-state index contributed by atoms with van der Waals surface area (Å²) in [4.78, 5) is 24.0. The third kappa shape index (κ3) is 6.70. The molecule has 37 heavy (non-hydrogen) atoms. The van der Waals surface area contributed by atoms with Crippen LogP contribution in [0.2, 0.25) is 5.02 Å². The zero-order chi connectivity index (χ0) is 25.7. The second-order valence-electron chi connectivity index (χ2n) is 8.10. The van der Waals surface area contributed by atoms with Crippen LogP contribution in [0.4, 0.5) is 0 Å². The molecule has 0 spiro atoms. The van der Waals surface area contributed by atoms with Crippen LogP contribution in [0.1, 0.15) is 33.8 Å². The van der Waals surface area contributed by atoms with E-state index >= 15 is 0 Å². The Balaban J connectivity index is 0.00000380. The Morgan fingerprint density at radius 3 is 2.35 bits per heavy atom. The number of methoxy groups -OCH3 is 2. The molecular formula is C27H25ClNNaO7. The second-order valence-corrected chi connectivity index (χ2v) is 8.51. The topological polar surface area (TPSA) is 106 Å². The van der Waals surface area contributed by atoms with Crippen molar-refractivity contribution in [1.29, 1.82) is 0 Å². The summed E-state index contributed by atoms with van der Waals surface area (Å²) >= 11 is 6.34. The van der Waals surface area contributed by atoms with Gasteiger partial charge in [0.1, 0.15) is 28.7 Å². The summed E-state index contributed by atoms with van der Waals surface area (Å²) in [7, 11) is 3.18. The number of rotatable bonds is 9. The van der Waals surface area contributed by atoms with Crippen LogP contribution in [0, 0.1) is 0 Å². The molecule has 3 aromatic carbocycles. The molecule has 1 aliphatic heterocycles. The van der Waals surface area contributed by atoms with E-state index in [0.29, 0.717) is 59.3 Å². The number of hydrogen-bond acceptors (Lipinski definition) is 7. The summed E-state index contributed by atoms with van der Waals surface area (Å²) in [5, 5.41) is 14.5.